The number of nitrogens with zero attached hydrogens (tertiary/aromatic N) is 5. The molecule has 5 rings (SSSR count). The van der Waals surface area contributed by atoms with E-state index in [1.807, 2.05) is 30.1 Å². The Morgan fingerprint density at radius 3 is 2.71 bits per heavy atom. The topological polar surface area (TPSA) is 139 Å². The first kappa shape index (κ1) is 28.6. The number of nitrogens with one attached hydrogen (secondary N) is 3. The minimum absolute atomic E-state index is 0.164. The third kappa shape index (κ3) is 5.77. The Hall–Kier alpha value is -4.90. The molecule has 1 aliphatic rings. The first-order valence-electron chi connectivity index (χ1n) is 13.6. The highest BCUT2D eigenvalue weighted by atomic mass is 16.5. The highest BCUT2D eigenvalue weighted by molar-refractivity contribution is 5.95. The average Bonchev–Trinajstić information content (AvgIpc) is 3.36. The molecular formula is C31H34N8O3. The fourth-order valence-corrected chi connectivity index (χ4v) is 5.13. The summed E-state index contributed by atoms with van der Waals surface area (Å²) >= 11 is 0. The van der Waals surface area contributed by atoms with Gasteiger partial charge in [0.2, 0.25) is 5.95 Å². The number of anilines is 2. The van der Waals surface area contributed by atoms with Crippen LogP contribution in [0.3, 0.4) is 0 Å². The molecule has 11 nitrogen and oxygen atoms in total. The normalized spacial score (nSPS) is 12.9. The van der Waals surface area contributed by atoms with Crippen LogP contribution in [0, 0.1) is 5.41 Å². The number of fused-ring (bicyclic) bond motifs is 3. The third-order valence-corrected chi connectivity index (χ3v) is 7.21. The van der Waals surface area contributed by atoms with Crippen molar-refractivity contribution >= 4 is 30.0 Å². The van der Waals surface area contributed by atoms with Crippen LogP contribution in [0.2, 0.25) is 0 Å². The zero-order valence-corrected chi connectivity index (χ0v) is 24.1. The van der Waals surface area contributed by atoms with E-state index in [1.54, 1.807) is 45.7 Å². The SMILES string of the molecule is CN=CC(C=N)c1ccc(-c2c3c(nn2C)CCc2cnc(Nc4ccc(C(=O)NCCOC)cc4OC)nc2-3)cc1. The summed E-state index contributed by atoms with van der Waals surface area (Å²) in [5.74, 6) is 0.533. The number of carbonyl (C=O) groups is 1. The van der Waals surface area contributed by atoms with Crippen molar-refractivity contribution in [2.24, 2.45) is 12.0 Å². The van der Waals surface area contributed by atoms with Gasteiger partial charge >= 0.3 is 0 Å². The molecule has 42 heavy (non-hydrogen) atoms. The van der Waals surface area contributed by atoms with Gasteiger partial charge in [0.1, 0.15) is 5.75 Å². The van der Waals surface area contributed by atoms with Gasteiger partial charge in [-0.25, -0.2) is 9.97 Å². The van der Waals surface area contributed by atoms with Gasteiger partial charge in [0, 0.05) is 63.1 Å². The largest absolute Gasteiger partial charge is 0.495 e. The summed E-state index contributed by atoms with van der Waals surface area (Å²) in [7, 11) is 6.80. The van der Waals surface area contributed by atoms with Crippen LogP contribution in [0.4, 0.5) is 11.6 Å². The summed E-state index contributed by atoms with van der Waals surface area (Å²) in [6.07, 6.45) is 6.60. The minimum atomic E-state index is -0.210. The van der Waals surface area contributed by atoms with Gasteiger partial charge in [0.05, 0.1) is 42.4 Å². The number of benzene rings is 2. The molecule has 0 aliphatic heterocycles. The molecule has 1 amide bonds. The van der Waals surface area contributed by atoms with Crippen molar-refractivity contribution in [2.75, 3.05) is 39.7 Å². The van der Waals surface area contributed by atoms with Gasteiger partial charge in [-0.1, -0.05) is 24.3 Å². The summed E-state index contributed by atoms with van der Waals surface area (Å²) < 4.78 is 12.5. The quantitative estimate of drug-likeness (QED) is 0.183. The Labute approximate surface area is 244 Å². The monoisotopic (exact) mass is 566 g/mol. The van der Waals surface area contributed by atoms with E-state index in [4.69, 9.17) is 25.0 Å². The van der Waals surface area contributed by atoms with Gasteiger partial charge in [0.25, 0.3) is 5.91 Å². The summed E-state index contributed by atoms with van der Waals surface area (Å²) in [5, 5.41) is 18.7. The molecule has 0 fully saturated rings. The van der Waals surface area contributed by atoms with E-state index in [0.29, 0.717) is 36.1 Å². The van der Waals surface area contributed by atoms with E-state index in [2.05, 4.69) is 32.7 Å². The maximum Gasteiger partial charge on any atom is 0.251 e. The van der Waals surface area contributed by atoms with Crippen LogP contribution in [0.5, 0.6) is 5.75 Å². The number of methoxy groups -OCH3 is 2. The number of aromatic nitrogens is 4. The molecule has 0 bridgehead atoms. The molecule has 216 valence electrons. The van der Waals surface area contributed by atoms with Crippen molar-refractivity contribution in [2.45, 2.75) is 18.8 Å². The second-order valence-corrected chi connectivity index (χ2v) is 9.87. The van der Waals surface area contributed by atoms with Crippen molar-refractivity contribution in [3.05, 3.63) is 71.0 Å². The molecule has 0 saturated heterocycles. The molecular weight excluding hydrogens is 532 g/mol. The van der Waals surface area contributed by atoms with E-state index < -0.39 is 0 Å². The minimum Gasteiger partial charge on any atom is -0.495 e. The number of aryl methyl sites for hydroxylation is 3. The Morgan fingerprint density at radius 1 is 1.19 bits per heavy atom. The fourth-order valence-electron chi connectivity index (χ4n) is 5.13. The molecule has 11 heteroatoms. The Bertz CT molecular complexity index is 1630. The highest BCUT2D eigenvalue weighted by Gasteiger charge is 2.27. The van der Waals surface area contributed by atoms with Crippen molar-refractivity contribution in [3.8, 4) is 28.3 Å². The Kier molecular flexibility index (Phi) is 8.68. The van der Waals surface area contributed by atoms with Crippen LogP contribution in [-0.4, -0.2) is 72.5 Å². The lowest BCUT2D eigenvalue weighted by Crippen LogP contribution is -2.26. The second-order valence-electron chi connectivity index (χ2n) is 9.87. The van der Waals surface area contributed by atoms with Gasteiger partial charge < -0.3 is 25.5 Å². The standard InChI is InChI=1S/C31H34N8O3/c1-33-17-23(16-32)19-5-7-20(8-6-19)29-27-25(38-39(29)2)12-10-22-18-35-31(37-28(22)27)36-24-11-9-21(15-26(24)42-4)30(40)34-13-14-41-3/h5-9,11,15-18,23,32H,10,12-14H2,1-4H3,(H,34,40)(H,35,36,37). The van der Waals surface area contributed by atoms with Crippen LogP contribution < -0.4 is 15.4 Å². The van der Waals surface area contributed by atoms with E-state index in [0.717, 1.165) is 52.2 Å². The zero-order chi connectivity index (χ0) is 29.6. The van der Waals surface area contributed by atoms with E-state index in [-0.39, 0.29) is 11.8 Å². The Morgan fingerprint density at radius 2 is 2.00 bits per heavy atom. The van der Waals surface area contributed by atoms with Crippen LogP contribution in [-0.2, 0) is 24.6 Å². The molecule has 3 N–H and O–H groups in total. The average molecular weight is 567 g/mol. The number of rotatable bonds is 11. The van der Waals surface area contributed by atoms with Gasteiger partial charge in [-0.05, 0) is 42.2 Å². The number of hydrogen-bond acceptors (Lipinski definition) is 9. The predicted octanol–water partition coefficient (Wildman–Crippen LogP) is 4.20. The molecule has 2 aromatic heterocycles. The van der Waals surface area contributed by atoms with Gasteiger partial charge in [-0.3, -0.25) is 14.5 Å². The first-order chi connectivity index (χ1) is 20.5. The van der Waals surface area contributed by atoms with Gasteiger partial charge in [-0.2, -0.15) is 5.10 Å². The molecule has 4 aromatic rings. The number of carbonyl (C=O) groups excluding carboxylic acids is 1. The predicted molar refractivity (Wildman–Crippen MR) is 164 cm³/mol. The van der Waals surface area contributed by atoms with E-state index >= 15 is 0 Å². The van der Waals surface area contributed by atoms with Crippen molar-refractivity contribution in [1.82, 2.24) is 25.1 Å². The number of aliphatic imine (C=N–C) groups is 1. The van der Waals surface area contributed by atoms with E-state index in [1.165, 1.54) is 6.21 Å². The molecule has 2 aromatic carbocycles. The van der Waals surface area contributed by atoms with E-state index in [9.17, 15) is 4.79 Å². The lowest BCUT2D eigenvalue weighted by Gasteiger charge is -2.18. The van der Waals surface area contributed by atoms with Gasteiger partial charge in [0.15, 0.2) is 0 Å². The summed E-state index contributed by atoms with van der Waals surface area (Å²) in [4.78, 5) is 26.1. The van der Waals surface area contributed by atoms with Crippen LogP contribution in [0.1, 0.15) is 33.1 Å². The maximum atomic E-state index is 12.5. The molecule has 1 atom stereocenters. The van der Waals surface area contributed by atoms with Crippen LogP contribution in [0.25, 0.3) is 22.5 Å². The molecule has 1 unspecified atom stereocenters. The molecule has 0 saturated carbocycles. The molecule has 1 aliphatic carbocycles. The second kappa shape index (κ2) is 12.7. The number of ether oxygens (including phenoxy) is 2. The first-order valence-corrected chi connectivity index (χ1v) is 13.6. The smallest absolute Gasteiger partial charge is 0.251 e. The Balaban J connectivity index is 1.46. The van der Waals surface area contributed by atoms with Gasteiger partial charge in [-0.15, -0.1) is 0 Å². The van der Waals surface area contributed by atoms with Crippen molar-refractivity contribution in [3.63, 3.8) is 0 Å². The molecule has 0 spiro atoms. The third-order valence-electron chi connectivity index (χ3n) is 7.21. The molecule has 0 radical (unpaired) electrons. The van der Waals surface area contributed by atoms with Crippen molar-refractivity contribution < 1.29 is 14.3 Å². The van der Waals surface area contributed by atoms with Crippen molar-refractivity contribution in [1.29, 1.82) is 5.41 Å². The number of hydrogen-bond donors (Lipinski definition) is 3. The van der Waals surface area contributed by atoms with Crippen LogP contribution in [0.15, 0.2) is 53.7 Å². The lowest BCUT2D eigenvalue weighted by molar-refractivity contribution is 0.0937. The zero-order valence-electron chi connectivity index (χ0n) is 24.1. The summed E-state index contributed by atoms with van der Waals surface area (Å²) in [6, 6.07) is 13.3. The lowest BCUT2D eigenvalue weighted by atomic mass is 9.91. The highest BCUT2D eigenvalue weighted by Crippen LogP contribution is 2.40. The van der Waals surface area contributed by atoms with Crippen LogP contribution >= 0.6 is 0 Å². The maximum absolute atomic E-state index is 12.5. The summed E-state index contributed by atoms with van der Waals surface area (Å²) in [6.45, 7) is 0.852. The summed E-state index contributed by atoms with van der Waals surface area (Å²) in [5.41, 5.74) is 7.97. The fraction of sp³-hybridized carbons (Fsp3) is 0.290. The number of amides is 1. The molecule has 2 heterocycles.